The van der Waals surface area contributed by atoms with Gasteiger partial charge in [-0.3, -0.25) is 0 Å². The smallest absolute Gasteiger partial charge is 0.330 e. The maximum atomic E-state index is 11.1. The Labute approximate surface area is 137 Å². The first kappa shape index (κ1) is 19.0. The molecule has 0 aliphatic rings. The first-order valence-electron chi connectivity index (χ1n) is 7.58. The summed E-state index contributed by atoms with van der Waals surface area (Å²) < 4.78 is 15.6. The van der Waals surface area contributed by atoms with E-state index in [1.807, 2.05) is 13.0 Å². The van der Waals surface area contributed by atoms with Gasteiger partial charge in [-0.2, -0.15) is 0 Å². The molecule has 1 aromatic rings. The van der Waals surface area contributed by atoms with Crippen LogP contribution in [-0.2, 0) is 9.53 Å². The second kappa shape index (κ2) is 9.86. The van der Waals surface area contributed by atoms with E-state index in [2.05, 4.69) is 4.74 Å². The van der Waals surface area contributed by atoms with E-state index in [9.17, 15) is 4.79 Å². The van der Waals surface area contributed by atoms with Gasteiger partial charge < -0.3 is 25.7 Å². The van der Waals surface area contributed by atoms with Gasteiger partial charge in [0.15, 0.2) is 11.5 Å². The van der Waals surface area contributed by atoms with Gasteiger partial charge in [0.1, 0.15) is 6.61 Å². The number of benzene rings is 1. The van der Waals surface area contributed by atoms with Crippen molar-refractivity contribution in [1.29, 1.82) is 0 Å². The predicted molar refractivity (Wildman–Crippen MR) is 90.4 cm³/mol. The van der Waals surface area contributed by atoms with Crippen LogP contribution in [0.25, 0.3) is 6.08 Å². The zero-order valence-electron chi connectivity index (χ0n) is 14.0. The molecule has 0 saturated carbocycles. The lowest BCUT2D eigenvalue weighted by Crippen LogP contribution is -2.35. The number of ether oxygens (including phenoxy) is 3. The normalized spacial score (nSPS) is 13.6. The average Bonchev–Trinajstić information content (AvgIpc) is 2.57. The highest BCUT2D eigenvalue weighted by Gasteiger charge is 2.11. The van der Waals surface area contributed by atoms with Crippen LogP contribution in [0.15, 0.2) is 24.3 Å². The number of hydrogen-bond acceptors (Lipinski definition) is 6. The molecule has 128 valence electrons. The first-order chi connectivity index (χ1) is 11.0. The minimum Gasteiger partial charge on any atom is -0.493 e. The summed E-state index contributed by atoms with van der Waals surface area (Å²) in [6.07, 6.45) is 4.58. The van der Waals surface area contributed by atoms with Gasteiger partial charge in [0.2, 0.25) is 0 Å². The standard InChI is InChI=1S/C17H26N2O4/c1-4-13(18)10-14(19)11-23-15-7-5-12(9-16(15)21-2)6-8-17(20)22-3/h5-9,13-14H,4,10-11,18-19H2,1-3H3/b8-6+. The summed E-state index contributed by atoms with van der Waals surface area (Å²) in [4.78, 5) is 11.1. The molecule has 6 heteroatoms. The van der Waals surface area contributed by atoms with Crippen molar-refractivity contribution in [1.82, 2.24) is 0 Å². The molecule has 2 unspecified atom stereocenters. The number of methoxy groups -OCH3 is 2. The van der Waals surface area contributed by atoms with Crippen LogP contribution < -0.4 is 20.9 Å². The monoisotopic (exact) mass is 322 g/mol. The number of esters is 1. The van der Waals surface area contributed by atoms with E-state index in [0.29, 0.717) is 24.5 Å². The molecule has 0 heterocycles. The number of nitrogens with two attached hydrogens (primary N) is 2. The van der Waals surface area contributed by atoms with Crippen LogP contribution >= 0.6 is 0 Å². The third kappa shape index (κ3) is 6.71. The molecule has 6 nitrogen and oxygen atoms in total. The van der Waals surface area contributed by atoms with Gasteiger partial charge in [-0.25, -0.2) is 4.79 Å². The zero-order chi connectivity index (χ0) is 17.2. The minimum absolute atomic E-state index is 0.0846. The van der Waals surface area contributed by atoms with E-state index in [0.717, 1.165) is 12.0 Å². The van der Waals surface area contributed by atoms with Crippen LogP contribution in [0.5, 0.6) is 11.5 Å². The molecule has 0 amide bonds. The van der Waals surface area contributed by atoms with Crippen LogP contribution in [0.3, 0.4) is 0 Å². The molecule has 0 aromatic heterocycles. The Morgan fingerprint density at radius 3 is 2.57 bits per heavy atom. The van der Waals surface area contributed by atoms with Gasteiger partial charge in [-0.15, -0.1) is 0 Å². The minimum atomic E-state index is -0.414. The summed E-state index contributed by atoms with van der Waals surface area (Å²) in [5, 5.41) is 0. The molecule has 1 aromatic carbocycles. The Kier molecular flexibility index (Phi) is 8.15. The molecule has 0 aliphatic heterocycles. The van der Waals surface area contributed by atoms with Crippen molar-refractivity contribution in [3.05, 3.63) is 29.8 Å². The van der Waals surface area contributed by atoms with E-state index in [4.69, 9.17) is 20.9 Å². The maximum Gasteiger partial charge on any atom is 0.330 e. The molecule has 23 heavy (non-hydrogen) atoms. The molecule has 0 saturated heterocycles. The van der Waals surface area contributed by atoms with Gasteiger partial charge in [0.05, 0.1) is 14.2 Å². The van der Waals surface area contributed by atoms with Gasteiger partial charge in [-0.05, 0) is 36.6 Å². The van der Waals surface area contributed by atoms with Crippen LogP contribution in [0.4, 0.5) is 0 Å². The Morgan fingerprint density at radius 1 is 1.22 bits per heavy atom. The number of carbonyl (C=O) groups excluding carboxylic acids is 1. The molecule has 2 atom stereocenters. The summed E-state index contributed by atoms with van der Waals surface area (Å²) in [6.45, 7) is 2.39. The summed E-state index contributed by atoms with van der Waals surface area (Å²) in [6, 6.07) is 5.33. The fourth-order valence-electron chi connectivity index (χ4n) is 1.96. The first-order valence-corrected chi connectivity index (χ1v) is 7.58. The number of carbonyl (C=O) groups is 1. The molecule has 0 fully saturated rings. The van der Waals surface area contributed by atoms with Gasteiger partial charge in [-0.1, -0.05) is 13.0 Å². The summed E-state index contributed by atoms with van der Waals surface area (Å²) >= 11 is 0. The fraction of sp³-hybridized carbons (Fsp3) is 0.471. The van der Waals surface area contributed by atoms with Crippen molar-refractivity contribution in [3.8, 4) is 11.5 Å². The van der Waals surface area contributed by atoms with E-state index < -0.39 is 5.97 Å². The topological polar surface area (TPSA) is 96.8 Å². The lowest BCUT2D eigenvalue weighted by atomic mass is 10.1. The van der Waals surface area contributed by atoms with Gasteiger partial charge in [0, 0.05) is 18.2 Å². The van der Waals surface area contributed by atoms with Crippen molar-refractivity contribution in [2.45, 2.75) is 31.8 Å². The van der Waals surface area contributed by atoms with E-state index in [-0.39, 0.29) is 12.1 Å². The average molecular weight is 322 g/mol. The van der Waals surface area contributed by atoms with E-state index >= 15 is 0 Å². The Balaban J connectivity index is 2.69. The molecule has 0 aliphatic carbocycles. The quantitative estimate of drug-likeness (QED) is 0.531. The van der Waals surface area contributed by atoms with Gasteiger partial charge >= 0.3 is 5.97 Å². The second-order valence-corrected chi connectivity index (χ2v) is 5.24. The van der Waals surface area contributed by atoms with E-state index in [1.54, 1.807) is 25.3 Å². The molecular weight excluding hydrogens is 296 g/mol. The lowest BCUT2D eigenvalue weighted by molar-refractivity contribution is -0.134. The van der Waals surface area contributed by atoms with Crippen LogP contribution in [0.1, 0.15) is 25.3 Å². The predicted octanol–water partition coefficient (Wildman–Crippen LogP) is 1.71. The number of rotatable bonds is 9. The van der Waals surface area contributed by atoms with Crippen molar-refractivity contribution in [3.63, 3.8) is 0 Å². The summed E-state index contributed by atoms with van der Waals surface area (Å²) in [7, 11) is 2.89. The largest absolute Gasteiger partial charge is 0.493 e. The molecule has 0 spiro atoms. The van der Waals surface area contributed by atoms with Crippen molar-refractivity contribution in [2.24, 2.45) is 11.5 Å². The summed E-state index contributed by atoms with van der Waals surface area (Å²) in [5.74, 6) is 0.759. The Bertz CT molecular complexity index is 531. The molecule has 0 bridgehead atoms. The Hall–Kier alpha value is -2.05. The SMILES string of the molecule is CCC(N)CC(N)COc1ccc(/C=C/C(=O)OC)cc1OC. The molecule has 1 rings (SSSR count). The van der Waals surface area contributed by atoms with E-state index in [1.165, 1.54) is 13.2 Å². The molecule has 0 radical (unpaired) electrons. The van der Waals surface area contributed by atoms with Crippen LogP contribution in [-0.4, -0.2) is 38.9 Å². The summed E-state index contributed by atoms with van der Waals surface area (Å²) in [5.41, 5.74) is 12.7. The highest BCUT2D eigenvalue weighted by atomic mass is 16.5. The second-order valence-electron chi connectivity index (χ2n) is 5.24. The highest BCUT2D eigenvalue weighted by molar-refractivity contribution is 5.87. The van der Waals surface area contributed by atoms with Gasteiger partial charge in [0.25, 0.3) is 0 Å². The van der Waals surface area contributed by atoms with Crippen molar-refractivity contribution >= 4 is 12.0 Å². The van der Waals surface area contributed by atoms with Crippen molar-refractivity contribution < 1.29 is 19.0 Å². The molecular formula is C17H26N2O4. The molecule has 4 N–H and O–H groups in total. The van der Waals surface area contributed by atoms with Crippen molar-refractivity contribution in [2.75, 3.05) is 20.8 Å². The van der Waals surface area contributed by atoms with Crippen LogP contribution in [0, 0.1) is 0 Å². The highest BCUT2D eigenvalue weighted by Crippen LogP contribution is 2.28. The Morgan fingerprint density at radius 2 is 1.96 bits per heavy atom. The van der Waals surface area contributed by atoms with Crippen LogP contribution in [0.2, 0.25) is 0 Å². The maximum absolute atomic E-state index is 11.1. The number of hydrogen-bond donors (Lipinski definition) is 2. The zero-order valence-corrected chi connectivity index (χ0v) is 14.0. The third-order valence-corrected chi connectivity index (χ3v) is 3.38. The lowest BCUT2D eigenvalue weighted by Gasteiger charge is -2.18. The fourth-order valence-corrected chi connectivity index (χ4v) is 1.96. The third-order valence-electron chi connectivity index (χ3n) is 3.38.